The van der Waals surface area contributed by atoms with Gasteiger partial charge in [0, 0.05) is 30.7 Å². The molecular weight excluding hydrogens is 520 g/mol. The third-order valence-electron chi connectivity index (χ3n) is 6.55. The third kappa shape index (κ3) is 5.47. The van der Waals surface area contributed by atoms with Gasteiger partial charge in [0.05, 0.1) is 35.5 Å². The largest absolute Gasteiger partial charge is 0.394 e. The van der Waals surface area contributed by atoms with Crippen molar-refractivity contribution in [2.75, 3.05) is 19.7 Å². The summed E-state index contributed by atoms with van der Waals surface area (Å²) in [6, 6.07) is 8.21. The smallest absolute Gasteiger partial charge is 0.284 e. The summed E-state index contributed by atoms with van der Waals surface area (Å²) in [5.74, 6) is -0.686. The Morgan fingerprint density at radius 1 is 1.22 bits per heavy atom. The first kappa shape index (κ1) is 27.0. The van der Waals surface area contributed by atoms with Crippen LogP contribution in [0.3, 0.4) is 0 Å². The van der Waals surface area contributed by atoms with Gasteiger partial charge in [0.25, 0.3) is 11.5 Å². The minimum Gasteiger partial charge on any atom is -0.394 e. The predicted molar refractivity (Wildman–Crippen MR) is 139 cm³/mol. The van der Waals surface area contributed by atoms with Gasteiger partial charge in [0.15, 0.2) is 0 Å². The molecule has 0 aliphatic carbocycles. The van der Waals surface area contributed by atoms with Gasteiger partial charge in [-0.25, -0.2) is 12.7 Å². The highest BCUT2D eigenvalue weighted by Crippen LogP contribution is 2.26. The van der Waals surface area contributed by atoms with Crippen LogP contribution in [0, 0.1) is 0 Å². The number of sulfonamides is 1. The van der Waals surface area contributed by atoms with Gasteiger partial charge < -0.3 is 10.4 Å². The van der Waals surface area contributed by atoms with Gasteiger partial charge in [0.1, 0.15) is 11.3 Å². The molecule has 0 atom stereocenters. The Morgan fingerprint density at radius 3 is 2.41 bits per heavy atom. The van der Waals surface area contributed by atoms with E-state index in [4.69, 9.17) is 11.6 Å². The lowest BCUT2D eigenvalue weighted by Gasteiger charge is -2.41. The molecule has 4 rings (SSSR count). The molecule has 13 heteroatoms. The normalized spacial score (nSPS) is 16.2. The number of aromatic nitrogens is 4. The highest BCUT2D eigenvalue weighted by molar-refractivity contribution is 7.89. The first-order valence-corrected chi connectivity index (χ1v) is 13.7. The van der Waals surface area contributed by atoms with Crippen LogP contribution in [0.25, 0.3) is 16.9 Å². The van der Waals surface area contributed by atoms with Crippen LogP contribution in [0.4, 0.5) is 0 Å². The van der Waals surface area contributed by atoms with Crippen LogP contribution < -0.4 is 10.9 Å². The van der Waals surface area contributed by atoms with Crippen molar-refractivity contribution in [1.29, 1.82) is 0 Å². The maximum absolute atomic E-state index is 13.5. The zero-order valence-corrected chi connectivity index (χ0v) is 22.3. The number of nitrogens with one attached hydrogen (secondary N) is 1. The molecule has 37 heavy (non-hydrogen) atoms. The Labute approximate surface area is 219 Å². The van der Waals surface area contributed by atoms with E-state index < -0.39 is 38.9 Å². The molecule has 1 aliphatic rings. The fraction of sp³-hybridized carbons (Fsp3) is 0.417. The van der Waals surface area contributed by atoms with E-state index in [0.29, 0.717) is 22.0 Å². The summed E-state index contributed by atoms with van der Waals surface area (Å²) >= 11 is 6.02. The summed E-state index contributed by atoms with van der Waals surface area (Å²) in [6.07, 6.45) is 3.46. The fourth-order valence-corrected chi connectivity index (χ4v) is 5.62. The Bertz CT molecular complexity index is 1460. The second-order valence-corrected chi connectivity index (χ2v) is 12.4. The average Bonchev–Trinajstić information content (AvgIpc) is 3.30. The van der Waals surface area contributed by atoms with Crippen LogP contribution in [0.1, 0.15) is 37.0 Å². The number of rotatable bonds is 7. The van der Waals surface area contributed by atoms with E-state index in [1.165, 1.54) is 21.3 Å². The van der Waals surface area contributed by atoms with Crippen LogP contribution in [-0.2, 0) is 17.1 Å². The van der Waals surface area contributed by atoms with Gasteiger partial charge in [-0.05, 0) is 44.9 Å². The van der Waals surface area contributed by atoms with Crippen molar-refractivity contribution in [2.45, 2.75) is 37.5 Å². The number of carbonyl (C=O) groups is 1. The zero-order chi connectivity index (χ0) is 27.0. The fourth-order valence-electron chi connectivity index (χ4n) is 4.21. The molecule has 3 aromatic rings. The van der Waals surface area contributed by atoms with Crippen molar-refractivity contribution in [3.8, 4) is 16.9 Å². The van der Waals surface area contributed by atoms with Crippen LogP contribution in [-0.4, -0.2) is 73.8 Å². The third-order valence-corrected chi connectivity index (χ3v) is 9.08. The van der Waals surface area contributed by atoms with Gasteiger partial charge in [-0.15, -0.1) is 0 Å². The molecule has 2 aromatic heterocycles. The Morgan fingerprint density at radius 2 is 1.86 bits per heavy atom. The van der Waals surface area contributed by atoms with Crippen molar-refractivity contribution < 1.29 is 18.3 Å². The van der Waals surface area contributed by atoms with Crippen molar-refractivity contribution >= 4 is 27.5 Å². The molecule has 1 fully saturated rings. The predicted octanol–water partition coefficient (Wildman–Crippen LogP) is 1.58. The van der Waals surface area contributed by atoms with Gasteiger partial charge in [-0.2, -0.15) is 14.9 Å². The molecule has 3 heterocycles. The molecule has 2 N–H and O–H groups in total. The first-order valence-electron chi connectivity index (χ1n) is 11.8. The summed E-state index contributed by atoms with van der Waals surface area (Å²) in [5, 5.41) is 21.5. The lowest BCUT2D eigenvalue weighted by Crippen LogP contribution is -2.59. The molecule has 0 bridgehead atoms. The summed E-state index contributed by atoms with van der Waals surface area (Å²) in [6.45, 7) is 3.11. The lowest BCUT2D eigenvalue weighted by molar-refractivity contribution is 0.0719. The van der Waals surface area contributed by atoms with E-state index in [0.717, 1.165) is 4.68 Å². The SMILES string of the molecule is CC(C)S(=O)(=O)N1CCC(CO)(NC(=O)c2cc(-c3ccc(Cl)cc3)nn(-c3cnn(C)c3)c2=O)CC1. The van der Waals surface area contributed by atoms with E-state index in [9.17, 15) is 23.1 Å². The second kappa shape index (κ2) is 10.4. The van der Waals surface area contributed by atoms with Crippen molar-refractivity contribution in [1.82, 2.24) is 29.2 Å². The number of amides is 1. The van der Waals surface area contributed by atoms with Gasteiger partial charge in [-0.1, -0.05) is 23.7 Å². The first-order chi connectivity index (χ1) is 17.5. The Hall–Kier alpha value is -3.06. The second-order valence-electron chi connectivity index (χ2n) is 9.42. The molecule has 11 nitrogen and oxygen atoms in total. The van der Waals surface area contributed by atoms with Crippen molar-refractivity contribution in [3.63, 3.8) is 0 Å². The zero-order valence-electron chi connectivity index (χ0n) is 20.8. The quantitative estimate of drug-likeness (QED) is 0.457. The maximum Gasteiger partial charge on any atom is 0.284 e. The molecular formula is C24H29ClN6O5S. The summed E-state index contributed by atoms with van der Waals surface area (Å²) in [7, 11) is -1.76. The standard InChI is InChI=1S/C24H29ClN6O5S/c1-16(2)37(35,36)30-10-8-24(15-32,9-11-30)27-22(33)20-12-21(17-4-6-18(25)7-5-17)28-31(23(20)34)19-13-26-29(3)14-19/h4-7,12-14,16,32H,8-11,15H2,1-3H3,(H,27,33). The number of carbonyl (C=O) groups excluding carboxylic acids is 1. The van der Waals surface area contributed by atoms with Crippen molar-refractivity contribution in [3.05, 3.63) is 63.7 Å². The number of aryl methyl sites for hydroxylation is 1. The molecule has 1 aliphatic heterocycles. The Balaban J connectivity index is 1.69. The van der Waals surface area contributed by atoms with Crippen LogP contribution in [0.5, 0.6) is 0 Å². The number of nitrogens with zero attached hydrogens (tertiary/aromatic N) is 5. The van der Waals surface area contributed by atoms with Gasteiger partial charge in [-0.3, -0.25) is 14.3 Å². The van der Waals surface area contributed by atoms with E-state index in [1.54, 1.807) is 51.4 Å². The van der Waals surface area contributed by atoms with Crippen LogP contribution in [0.2, 0.25) is 5.02 Å². The summed E-state index contributed by atoms with van der Waals surface area (Å²) in [5.41, 5.74) is -0.525. The molecule has 0 radical (unpaired) electrons. The number of aliphatic hydroxyl groups excluding tert-OH is 1. The van der Waals surface area contributed by atoms with E-state index >= 15 is 0 Å². The highest BCUT2D eigenvalue weighted by Gasteiger charge is 2.40. The Kier molecular flexibility index (Phi) is 7.56. The molecule has 1 amide bonds. The highest BCUT2D eigenvalue weighted by atomic mass is 35.5. The lowest BCUT2D eigenvalue weighted by atomic mass is 9.89. The molecule has 198 valence electrons. The summed E-state index contributed by atoms with van der Waals surface area (Å²) in [4.78, 5) is 26.9. The topological polar surface area (TPSA) is 139 Å². The number of hydrogen-bond donors (Lipinski definition) is 2. The van der Waals surface area contributed by atoms with Crippen LogP contribution in [0.15, 0.2) is 47.5 Å². The number of benzene rings is 1. The van der Waals surface area contributed by atoms with E-state index in [-0.39, 0.29) is 31.5 Å². The minimum atomic E-state index is -3.46. The number of hydrogen-bond acceptors (Lipinski definition) is 7. The van der Waals surface area contributed by atoms with E-state index in [1.807, 2.05) is 0 Å². The number of aliphatic hydroxyl groups is 1. The van der Waals surface area contributed by atoms with Crippen molar-refractivity contribution in [2.24, 2.45) is 7.05 Å². The molecule has 1 aromatic carbocycles. The van der Waals surface area contributed by atoms with Gasteiger partial charge >= 0.3 is 0 Å². The average molecular weight is 549 g/mol. The maximum atomic E-state index is 13.5. The van der Waals surface area contributed by atoms with Gasteiger partial charge in [0.2, 0.25) is 10.0 Å². The monoisotopic (exact) mass is 548 g/mol. The molecule has 0 unspecified atom stereocenters. The minimum absolute atomic E-state index is 0.146. The van der Waals surface area contributed by atoms with Crippen LogP contribution >= 0.6 is 11.6 Å². The molecule has 0 spiro atoms. The summed E-state index contributed by atoms with van der Waals surface area (Å²) < 4.78 is 29.1. The van der Waals surface area contributed by atoms with E-state index in [2.05, 4.69) is 15.5 Å². The molecule has 0 saturated carbocycles. The number of piperidine rings is 1. The molecule has 1 saturated heterocycles. The number of halogens is 1.